The number of halogens is 2. The molecule has 1 aromatic carbocycles. The summed E-state index contributed by atoms with van der Waals surface area (Å²) in [6.07, 6.45) is 1.80. The van der Waals surface area contributed by atoms with Crippen molar-refractivity contribution >= 4 is 11.6 Å². The Bertz CT molecular complexity index is 671. The molecule has 0 spiro atoms. The second-order valence-electron chi connectivity index (χ2n) is 5.46. The minimum atomic E-state index is -0.234. The first kappa shape index (κ1) is 15.3. The van der Waals surface area contributed by atoms with Gasteiger partial charge < -0.3 is 11.1 Å². The molecule has 0 fully saturated rings. The summed E-state index contributed by atoms with van der Waals surface area (Å²) in [6, 6.07) is 6.54. The SMILES string of the molecule is CNC(CN)c1nc(Cl)nc2c1CCC2c1ccc(F)cc1. The molecular formula is C16H18ClFN4. The lowest BCUT2D eigenvalue weighted by Gasteiger charge is -2.18. The third-order valence-corrected chi connectivity index (χ3v) is 4.41. The summed E-state index contributed by atoms with van der Waals surface area (Å²) >= 11 is 6.11. The van der Waals surface area contributed by atoms with Crippen LogP contribution in [0.2, 0.25) is 5.28 Å². The fourth-order valence-corrected chi connectivity index (χ4v) is 3.32. The highest BCUT2D eigenvalue weighted by atomic mass is 35.5. The number of nitrogens with one attached hydrogen (secondary N) is 1. The van der Waals surface area contributed by atoms with Gasteiger partial charge in [-0.1, -0.05) is 12.1 Å². The van der Waals surface area contributed by atoms with E-state index in [1.807, 2.05) is 19.2 Å². The molecule has 1 aliphatic carbocycles. The molecule has 1 aliphatic rings. The summed E-state index contributed by atoms with van der Waals surface area (Å²) in [7, 11) is 1.85. The molecule has 1 aromatic heterocycles. The number of aromatic nitrogens is 2. The molecule has 22 heavy (non-hydrogen) atoms. The highest BCUT2D eigenvalue weighted by Crippen LogP contribution is 2.39. The van der Waals surface area contributed by atoms with Gasteiger partial charge in [0.05, 0.1) is 17.4 Å². The molecule has 2 aromatic rings. The Morgan fingerprint density at radius 1 is 1.36 bits per heavy atom. The zero-order chi connectivity index (χ0) is 15.7. The van der Waals surface area contributed by atoms with E-state index < -0.39 is 0 Å². The summed E-state index contributed by atoms with van der Waals surface area (Å²) in [4.78, 5) is 8.82. The highest BCUT2D eigenvalue weighted by Gasteiger charge is 2.31. The van der Waals surface area contributed by atoms with Crippen molar-refractivity contribution in [2.45, 2.75) is 24.8 Å². The number of rotatable bonds is 4. The molecule has 0 saturated carbocycles. The quantitative estimate of drug-likeness (QED) is 0.850. The molecule has 4 nitrogen and oxygen atoms in total. The monoisotopic (exact) mass is 320 g/mol. The fourth-order valence-electron chi connectivity index (χ4n) is 3.13. The van der Waals surface area contributed by atoms with Crippen molar-refractivity contribution in [3.8, 4) is 0 Å². The maximum atomic E-state index is 13.1. The predicted octanol–water partition coefficient (Wildman–Crippen LogP) is 2.57. The molecule has 3 N–H and O–H groups in total. The number of nitrogens with two attached hydrogens (primary N) is 1. The van der Waals surface area contributed by atoms with Gasteiger partial charge in [-0.3, -0.25) is 0 Å². The average Bonchev–Trinajstić information content (AvgIpc) is 2.93. The van der Waals surface area contributed by atoms with Crippen LogP contribution >= 0.6 is 11.6 Å². The van der Waals surface area contributed by atoms with Crippen LogP contribution in [0.3, 0.4) is 0 Å². The molecule has 1 heterocycles. The summed E-state index contributed by atoms with van der Waals surface area (Å²) in [5.74, 6) is -0.105. The van der Waals surface area contributed by atoms with E-state index in [-0.39, 0.29) is 23.1 Å². The van der Waals surface area contributed by atoms with Crippen molar-refractivity contribution in [2.24, 2.45) is 5.73 Å². The first-order chi connectivity index (χ1) is 10.6. The lowest BCUT2D eigenvalue weighted by Crippen LogP contribution is -2.27. The summed E-state index contributed by atoms with van der Waals surface area (Å²) < 4.78 is 13.1. The van der Waals surface area contributed by atoms with Crippen LogP contribution in [0.5, 0.6) is 0 Å². The van der Waals surface area contributed by atoms with Gasteiger partial charge in [0, 0.05) is 12.5 Å². The van der Waals surface area contributed by atoms with E-state index in [2.05, 4.69) is 15.3 Å². The van der Waals surface area contributed by atoms with Gasteiger partial charge in [-0.15, -0.1) is 0 Å². The van der Waals surface area contributed by atoms with E-state index in [1.54, 1.807) is 0 Å². The number of fused-ring (bicyclic) bond motifs is 1. The molecule has 0 aliphatic heterocycles. The average molecular weight is 321 g/mol. The molecule has 0 saturated heterocycles. The van der Waals surface area contributed by atoms with Gasteiger partial charge in [0.25, 0.3) is 0 Å². The first-order valence-electron chi connectivity index (χ1n) is 7.33. The number of nitrogens with zero attached hydrogens (tertiary/aromatic N) is 2. The highest BCUT2D eigenvalue weighted by molar-refractivity contribution is 6.28. The zero-order valence-electron chi connectivity index (χ0n) is 12.3. The second kappa shape index (κ2) is 6.28. The van der Waals surface area contributed by atoms with Gasteiger partial charge in [0.1, 0.15) is 5.82 Å². The standard InChI is InChI=1S/C16H18ClFN4/c1-20-13(8-19)15-12-7-6-11(14(12)21-16(17)22-15)9-2-4-10(18)5-3-9/h2-5,11,13,20H,6-8,19H2,1H3. The molecule has 0 radical (unpaired) electrons. The van der Waals surface area contributed by atoms with Crippen LogP contribution in [-0.2, 0) is 6.42 Å². The normalized spacial score (nSPS) is 18.3. The van der Waals surface area contributed by atoms with Crippen molar-refractivity contribution in [1.29, 1.82) is 0 Å². The van der Waals surface area contributed by atoms with Gasteiger partial charge in [-0.2, -0.15) is 0 Å². The van der Waals surface area contributed by atoms with Crippen LogP contribution in [0.1, 0.15) is 40.9 Å². The number of likely N-dealkylation sites (N-methyl/N-ethyl adjacent to an activating group) is 1. The van der Waals surface area contributed by atoms with Gasteiger partial charge in [-0.05, 0) is 54.7 Å². The smallest absolute Gasteiger partial charge is 0.222 e. The molecular weight excluding hydrogens is 303 g/mol. The Morgan fingerprint density at radius 3 is 2.73 bits per heavy atom. The van der Waals surface area contributed by atoms with E-state index in [4.69, 9.17) is 17.3 Å². The Labute approximate surface area is 133 Å². The van der Waals surface area contributed by atoms with Gasteiger partial charge in [0.2, 0.25) is 5.28 Å². The van der Waals surface area contributed by atoms with Crippen LogP contribution in [0.15, 0.2) is 24.3 Å². The van der Waals surface area contributed by atoms with Crippen molar-refractivity contribution in [1.82, 2.24) is 15.3 Å². The molecule has 0 amide bonds. The minimum Gasteiger partial charge on any atom is -0.329 e. The van der Waals surface area contributed by atoms with Crippen molar-refractivity contribution in [3.05, 3.63) is 57.9 Å². The molecule has 0 bridgehead atoms. The van der Waals surface area contributed by atoms with Gasteiger partial charge in [0.15, 0.2) is 0 Å². The molecule has 116 valence electrons. The zero-order valence-corrected chi connectivity index (χ0v) is 13.1. The molecule has 2 unspecified atom stereocenters. The van der Waals surface area contributed by atoms with Crippen molar-refractivity contribution in [2.75, 3.05) is 13.6 Å². The fraction of sp³-hybridized carbons (Fsp3) is 0.375. The van der Waals surface area contributed by atoms with Crippen LogP contribution in [0, 0.1) is 5.82 Å². The Kier molecular flexibility index (Phi) is 4.38. The number of hydrogen-bond donors (Lipinski definition) is 2. The Hall–Kier alpha value is -1.56. The largest absolute Gasteiger partial charge is 0.329 e. The predicted molar refractivity (Wildman–Crippen MR) is 84.5 cm³/mol. The van der Waals surface area contributed by atoms with Crippen LogP contribution < -0.4 is 11.1 Å². The van der Waals surface area contributed by atoms with E-state index in [1.165, 1.54) is 12.1 Å². The van der Waals surface area contributed by atoms with E-state index in [0.29, 0.717) is 6.54 Å². The summed E-state index contributed by atoms with van der Waals surface area (Å²) in [6.45, 7) is 0.442. The van der Waals surface area contributed by atoms with Crippen LogP contribution in [-0.4, -0.2) is 23.6 Å². The van der Waals surface area contributed by atoms with Crippen molar-refractivity contribution < 1.29 is 4.39 Å². The second-order valence-corrected chi connectivity index (χ2v) is 5.80. The van der Waals surface area contributed by atoms with E-state index >= 15 is 0 Å². The maximum Gasteiger partial charge on any atom is 0.222 e. The number of benzene rings is 1. The van der Waals surface area contributed by atoms with Crippen molar-refractivity contribution in [3.63, 3.8) is 0 Å². The maximum absolute atomic E-state index is 13.1. The lowest BCUT2D eigenvalue weighted by molar-refractivity contribution is 0.581. The van der Waals surface area contributed by atoms with E-state index in [9.17, 15) is 4.39 Å². The van der Waals surface area contributed by atoms with Crippen LogP contribution in [0.25, 0.3) is 0 Å². The Morgan fingerprint density at radius 2 is 2.09 bits per heavy atom. The number of hydrogen-bond acceptors (Lipinski definition) is 4. The van der Waals surface area contributed by atoms with Gasteiger partial charge in [-0.25, -0.2) is 14.4 Å². The topological polar surface area (TPSA) is 63.8 Å². The first-order valence-corrected chi connectivity index (χ1v) is 7.70. The van der Waals surface area contributed by atoms with Gasteiger partial charge >= 0.3 is 0 Å². The summed E-state index contributed by atoms with van der Waals surface area (Å²) in [5, 5.41) is 3.40. The summed E-state index contributed by atoms with van der Waals surface area (Å²) in [5.41, 5.74) is 9.80. The minimum absolute atomic E-state index is 0.0405. The van der Waals surface area contributed by atoms with E-state index in [0.717, 1.165) is 35.4 Å². The Balaban J connectivity index is 2.05. The molecule has 3 rings (SSSR count). The third kappa shape index (κ3) is 2.72. The lowest BCUT2D eigenvalue weighted by atomic mass is 9.96. The third-order valence-electron chi connectivity index (χ3n) is 4.24. The van der Waals surface area contributed by atoms with Crippen LogP contribution in [0.4, 0.5) is 4.39 Å². The molecule has 2 atom stereocenters. The molecule has 6 heteroatoms.